The minimum Gasteiger partial charge on any atom is -0.398 e. The Balaban J connectivity index is 2.19. The largest absolute Gasteiger partial charge is 0.398 e. The standard InChI is InChI=1S/C13H19ClN2O4S/c1-9-11(15)6-10(14)7-12(9)21(18,19)16-8-13(17)2-4-20-5-3-13/h6-7,16-17H,2-5,8,15H2,1H3. The van der Waals surface area contributed by atoms with Gasteiger partial charge in [-0.25, -0.2) is 13.1 Å². The molecule has 8 heteroatoms. The number of nitrogen functional groups attached to an aromatic ring is 1. The molecule has 1 aliphatic heterocycles. The Labute approximate surface area is 129 Å². The van der Waals surface area contributed by atoms with E-state index in [4.69, 9.17) is 22.1 Å². The maximum absolute atomic E-state index is 12.4. The fourth-order valence-corrected chi connectivity index (χ4v) is 3.90. The third kappa shape index (κ3) is 3.87. The van der Waals surface area contributed by atoms with Crippen LogP contribution in [-0.4, -0.2) is 38.9 Å². The molecule has 1 aliphatic rings. The van der Waals surface area contributed by atoms with E-state index in [2.05, 4.69) is 4.72 Å². The van der Waals surface area contributed by atoms with E-state index in [9.17, 15) is 13.5 Å². The summed E-state index contributed by atoms with van der Waals surface area (Å²) in [4.78, 5) is 0.0307. The zero-order valence-corrected chi connectivity index (χ0v) is 13.3. The van der Waals surface area contributed by atoms with Crippen molar-refractivity contribution in [2.24, 2.45) is 0 Å². The molecule has 1 aromatic rings. The Kier molecular flexibility index (Phi) is 4.79. The van der Waals surface area contributed by atoms with E-state index in [1.165, 1.54) is 12.1 Å². The molecule has 0 amide bonds. The summed E-state index contributed by atoms with van der Waals surface area (Å²) in [6.07, 6.45) is 0.790. The molecule has 0 aromatic heterocycles. The van der Waals surface area contributed by atoms with Crippen LogP contribution in [0.3, 0.4) is 0 Å². The Morgan fingerprint density at radius 3 is 2.67 bits per heavy atom. The smallest absolute Gasteiger partial charge is 0.241 e. The SMILES string of the molecule is Cc1c(N)cc(Cl)cc1S(=O)(=O)NCC1(O)CCOCC1. The second-order valence-corrected chi connectivity index (χ2v) is 7.45. The number of ether oxygens (including phenoxy) is 1. The maximum Gasteiger partial charge on any atom is 0.241 e. The molecule has 1 saturated heterocycles. The molecule has 21 heavy (non-hydrogen) atoms. The predicted molar refractivity (Wildman–Crippen MR) is 80.8 cm³/mol. The van der Waals surface area contributed by atoms with Gasteiger partial charge in [0.05, 0.1) is 10.5 Å². The number of nitrogens with one attached hydrogen (secondary N) is 1. The van der Waals surface area contributed by atoms with Crippen molar-refractivity contribution in [1.82, 2.24) is 4.72 Å². The van der Waals surface area contributed by atoms with E-state index in [1.807, 2.05) is 0 Å². The molecule has 1 aromatic carbocycles. The van der Waals surface area contributed by atoms with Gasteiger partial charge in [0.2, 0.25) is 10.0 Å². The fourth-order valence-electron chi connectivity index (χ4n) is 2.19. The number of halogens is 1. The first kappa shape index (κ1) is 16.5. The molecule has 118 valence electrons. The van der Waals surface area contributed by atoms with E-state index >= 15 is 0 Å². The zero-order valence-electron chi connectivity index (χ0n) is 11.7. The lowest BCUT2D eigenvalue weighted by molar-refractivity contribution is -0.0588. The second-order valence-electron chi connectivity index (χ2n) is 5.28. The van der Waals surface area contributed by atoms with E-state index in [0.717, 1.165) is 0 Å². The van der Waals surface area contributed by atoms with Crippen molar-refractivity contribution >= 4 is 27.3 Å². The maximum atomic E-state index is 12.4. The van der Waals surface area contributed by atoms with E-state index in [-0.39, 0.29) is 16.5 Å². The first-order valence-corrected chi connectivity index (χ1v) is 8.45. The van der Waals surface area contributed by atoms with Crippen LogP contribution >= 0.6 is 11.6 Å². The van der Waals surface area contributed by atoms with Gasteiger partial charge in [0.1, 0.15) is 0 Å². The molecule has 2 rings (SSSR count). The minimum absolute atomic E-state index is 0.0307. The van der Waals surface area contributed by atoms with Crippen molar-refractivity contribution in [3.63, 3.8) is 0 Å². The van der Waals surface area contributed by atoms with Crippen LogP contribution in [0.25, 0.3) is 0 Å². The van der Waals surface area contributed by atoms with Gasteiger partial charge in [-0.2, -0.15) is 0 Å². The summed E-state index contributed by atoms with van der Waals surface area (Å²) in [5.74, 6) is 0. The van der Waals surface area contributed by atoms with E-state index < -0.39 is 15.6 Å². The summed E-state index contributed by atoms with van der Waals surface area (Å²) in [7, 11) is -3.79. The lowest BCUT2D eigenvalue weighted by atomic mass is 9.95. The number of sulfonamides is 1. The van der Waals surface area contributed by atoms with E-state index in [1.54, 1.807) is 6.92 Å². The second kappa shape index (κ2) is 6.10. The third-order valence-electron chi connectivity index (χ3n) is 3.67. The molecule has 4 N–H and O–H groups in total. The van der Waals surface area contributed by atoms with Crippen molar-refractivity contribution in [2.75, 3.05) is 25.5 Å². The molecule has 0 atom stereocenters. The highest BCUT2D eigenvalue weighted by atomic mass is 35.5. The van der Waals surface area contributed by atoms with Crippen LogP contribution in [0.15, 0.2) is 17.0 Å². The number of anilines is 1. The van der Waals surface area contributed by atoms with Crippen molar-refractivity contribution in [2.45, 2.75) is 30.3 Å². The van der Waals surface area contributed by atoms with Crippen LogP contribution in [0, 0.1) is 6.92 Å². The molecule has 0 saturated carbocycles. The van der Waals surface area contributed by atoms with Crippen LogP contribution in [0.5, 0.6) is 0 Å². The Bertz CT molecular complexity index is 627. The van der Waals surface area contributed by atoms with Crippen LogP contribution in [0.4, 0.5) is 5.69 Å². The zero-order chi connectivity index (χ0) is 15.7. The molecular weight excluding hydrogens is 316 g/mol. The van der Waals surface area contributed by atoms with Crippen LogP contribution in [-0.2, 0) is 14.8 Å². The first-order valence-electron chi connectivity index (χ1n) is 6.59. The van der Waals surface area contributed by atoms with Gasteiger partial charge in [0.25, 0.3) is 0 Å². The van der Waals surface area contributed by atoms with Crippen molar-refractivity contribution in [3.05, 3.63) is 22.7 Å². The van der Waals surface area contributed by atoms with Gasteiger partial charge in [0, 0.05) is 43.3 Å². The number of hydrogen-bond acceptors (Lipinski definition) is 5. The highest BCUT2D eigenvalue weighted by Crippen LogP contribution is 2.26. The average molecular weight is 335 g/mol. The van der Waals surface area contributed by atoms with Crippen molar-refractivity contribution < 1.29 is 18.3 Å². The molecule has 1 heterocycles. The predicted octanol–water partition coefficient (Wildman–Crippen LogP) is 1.05. The average Bonchev–Trinajstić information content (AvgIpc) is 2.42. The number of rotatable bonds is 4. The van der Waals surface area contributed by atoms with E-state index in [0.29, 0.717) is 37.3 Å². The molecule has 0 spiro atoms. The van der Waals surface area contributed by atoms with Gasteiger partial charge in [-0.3, -0.25) is 0 Å². The minimum atomic E-state index is -3.79. The van der Waals surface area contributed by atoms with Gasteiger partial charge in [0.15, 0.2) is 0 Å². The number of benzene rings is 1. The Morgan fingerprint density at radius 2 is 2.05 bits per heavy atom. The van der Waals surface area contributed by atoms with Crippen molar-refractivity contribution in [1.29, 1.82) is 0 Å². The monoisotopic (exact) mass is 334 g/mol. The summed E-state index contributed by atoms with van der Waals surface area (Å²) in [6.45, 7) is 2.39. The topological polar surface area (TPSA) is 102 Å². The van der Waals surface area contributed by atoms with Crippen LogP contribution < -0.4 is 10.5 Å². The molecule has 0 radical (unpaired) electrons. The molecule has 0 aliphatic carbocycles. The molecule has 1 fully saturated rings. The number of aliphatic hydroxyl groups is 1. The van der Waals surface area contributed by atoms with Gasteiger partial charge >= 0.3 is 0 Å². The lowest BCUT2D eigenvalue weighted by Gasteiger charge is -2.32. The number of nitrogens with two attached hydrogens (primary N) is 1. The van der Waals surface area contributed by atoms with Gasteiger partial charge < -0.3 is 15.6 Å². The highest BCUT2D eigenvalue weighted by Gasteiger charge is 2.32. The summed E-state index contributed by atoms with van der Waals surface area (Å²) < 4.78 is 32.3. The summed E-state index contributed by atoms with van der Waals surface area (Å²) in [5.41, 5.74) is 5.41. The molecule has 0 bridgehead atoms. The van der Waals surface area contributed by atoms with Crippen LogP contribution in [0.2, 0.25) is 5.02 Å². The quantitative estimate of drug-likeness (QED) is 0.714. The van der Waals surface area contributed by atoms with Gasteiger partial charge in [-0.05, 0) is 24.6 Å². The third-order valence-corrected chi connectivity index (χ3v) is 5.41. The molecule has 6 nitrogen and oxygen atoms in total. The summed E-state index contributed by atoms with van der Waals surface area (Å²) in [6, 6.07) is 2.85. The first-order chi connectivity index (χ1) is 9.73. The van der Waals surface area contributed by atoms with Gasteiger partial charge in [-0.15, -0.1) is 0 Å². The Hall–Kier alpha value is -0.860. The molecule has 0 unspecified atom stereocenters. The lowest BCUT2D eigenvalue weighted by Crippen LogP contribution is -2.46. The normalized spacial score (nSPS) is 18.6. The Morgan fingerprint density at radius 1 is 1.43 bits per heavy atom. The van der Waals surface area contributed by atoms with Gasteiger partial charge in [-0.1, -0.05) is 11.6 Å². The fraction of sp³-hybridized carbons (Fsp3) is 0.538. The number of hydrogen-bond donors (Lipinski definition) is 3. The summed E-state index contributed by atoms with van der Waals surface area (Å²) in [5, 5.41) is 10.6. The van der Waals surface area contributed by atoms with Crippen LogP contribution in [0.1, 0.15) is 18.4 Å². The van der Waals surface area contributed by atoms with Crippen molar-refractivity contribution in [3.8, 4) is 0 Å². The molecular formula is C13H19ClN2O4S. The highest BCUT2D eigenvalue weighted by molar-refractivity contribution is 7.89. The summed E-state index contributed by atoms with van der Waals surface area (Å²) >= 11 is 5.87.